The van der Waals surface area contributed by atoms with E-state index in [9.17, 15) is 9.18 Å². The number of aryl methyl sites for hydroxylation is 2. The lowest BCUT2D eigenvalue weighted by atomic mass is 9.93. The molecule has 2 nitrogen and oxygen atoms in total. The predicted octanol–water partition coefficient (Wildman–Crippen LogP) is 3.76. The molecule has 1 aromatic carbocycles. The van der Waals surface area contributed by atoms with Gasteiger partial charge in [-0.25, -0.2) is 4.39 Å². The highest BCUT2D eigenvalue weighted by Gasteiger charge is 2.28. The Morgan fingerprint density at radius 3 is 2.11 bits per heavy atom. The summed E-state index contributed by atoms with van der Waals surface area (Å²) in [5.41, 5.74) is 2.28. The molecule has 0 aromatic heterocycles. The molecule has 1 amide bonds. The van der Waals surface area contributed by atoms with Gasteiger partial charge in [0.05, 0.1) is 5.69 Å². The number of hydrogen-bond acceptors (Lipinski definition) is 1. The summed E-state index contributed by atoms with van der Waals surface area (Å²) < 4.78 is 14.0. The van der Waals surface area contributed by atoms with Gasteiger partial charge in [-0.15, -0.1) is 0 Å². The molecule has 3 heteroatoms. The van der Waals surface area contributed by atoms with E-state index in [1.165, 1.54) is 0 Å². The van der Waals surface area contributed by atoms with Crippen LogP contribution < -0.4 is 4.90 Å². The van der Waals surface area contributed by atoms with E-state index in [-0.39, 0.29) is 11.7 Å². The quantitative estimate of drug-likeness (QED) is 0.744. The van der Waals surface area contributed by atoms with Gasteiger partial charge >= 0.3 is 0 Å². The third-order valence-electron chi connectivity index (χ3n) is 3.12. The SMILES string of the molecule is Cc1cc(C)c(N(C)C(=O)C(C)(C)C)c(C)c1F. The summed E-state index contributed by atoms with van der Waals surface area (Å²) in [6.45, 7) is 11.0. The molecule has 0 saturated heterocycles. The van der Waals surface area contributed by atoms with Gasteiger partial charge in [0.1, 0.15) is 5.82 Å². The highest BCUT2D eigenvalue weighted by atomic mass is 19.1. The Balaban J connectivity index is 3.35. The van der Waals surface area contributed by atoms with Crippen molar-refractivity contribution in [3.8, 4) is 0 Å². The average Bonchev–Trinajstić information content (AvgIpc) is 2.23. The molecule has 0 spiro atoms. The maximum atomic E-state index is 14.0. The van der Waals surface area contributed by atoms with Crippen molar-refractivity contribution in [2.24, 2.45) is 5.41 Å². The largest absolute Gasteiger partial charge is 0.314 e. The van der Waals surface area contributed by atoms with Gasteiger partial charge in [-0.05, 0) is 31.9 Å². The van der Waals surface area contributed by atoms with Gasteiger partial charge in [0.25, 0.3) is 0 Å². The van der Waals surface area contributed by atoms with E-state index in [4.69, 9.17) is 0 Å². The van der Waals surface area contributed by atoms with Crippen LogP contribution in [0, 0.1) is 32.0 Å². The average molecular weight is 251 g/mol. The van der Waals surface area contributed by atoms with Crippen molar-refractivity contribution in [2.45, 2.75) is 41.5 Å². The van der Waals surface area contributed by atoms with Crippen molar-refractivity contribution in [1.82, 2.24) is 0 Å². The highest BCUT2D eigenvalue weighted by molar-refractivity contribution is 5.97. The van der Waals surface area contributed by atoms with Gasteiger partial charge in [-0.3, -0.25) is 4.79 Å². The number of halogens is 1. The van der Waals surface area contributed by atoms with Crippen molar-refractivity contribution in [3.05, 3.63) is 28.6 Å². The molecule has 0 aliphatic rings. The zero-order chi connectivity index (χ0) is 14.2. The van der Waals surface area contributed by atoms with Gasteiger partial charge in [-0.1, -0.05) is 26.8 Å². The fourth-order valence-corrected chi connectivity index (χ4v) is 2.27. The molecule has 0 N–H and O–H groups in total. The molecule has 0 bridgehead atoms. The van der Waals surface area contributed by atoms with Crippen LogP contribution in [0.25, 0.3) is 0 Å². The molecule has 0 unspecified atom stereocenters. The second-order valence-corrected chi connectivity index (χ2v) is 5.91. The first-order chi connectivity index (χ1) is 8.07. The zero-order valence-electron chi connectivity index (χ0n) is 12.3. The molecule has 0 fully saturated rings. The van der Waals surface area contributed by atoms with Crippen LogP contribution in [-0.4, -0.2) is 13.0 Å². The summed E-state index contributed by atoms with van der Waals surface area (Å²) in [5, 5.41) is 0. The Bertz CT molecular complexity index is 486. The van der Waals surface area contributed by atoms with Gasteiger partial charge < -0.3 is 4.90 Å². The van der Waals surface area contributed by atoms with Crippen LogP contribution in [0.2, 0.25) is 0 Å². The Hall–Kier alpha value is -1.38. The van der Waals surface area contributed by atoms with Crippen molar-refractivity contribution in [2.75, 3.05) is 11.9 Å². The van der Waals surface area contributed by atoms with Crippen molar-refractivity contribution in [1.29, 1.82) is 0 Å². The van der Waals surface area contributed by atoms with Gasteiger partial charge in [-0.2, -0.15) is 0 Å². The number of carbonyl (C=O) groups excluding carboxylic acids is 1. The standard InChI is InChI=1S/C15H22FNO/c1-9-8-10(2)13(11(3)12(9)16)17(7)14(18)15(4,5)6/h8H,1-7H3. The third kappa shape index (κ3) is 2.55. The number of carbonyl (C=O) groups is 1. The lowest BCUT2D eigenvalue weighted by Crippen LogP contribution is -2.37. The Morgan fingerprint density at radius 2 is 1.67 bits per heavy atom. The molecular formula is C15H22FNO. The number of nitrogens with zero attached hydrogens (tertiary/aromatic N) is 1. The number of hydrogen-bond donors (Lipinski definition) is 0. The first-order valence-electron chi connectivity index (χ1n) is 6.11. The van der Waals surface area contributed by atoms with Crippen LogP contribution in [0.1, 0.15) is 37.5 Å². The second kappa shape index (κ2) is 4.71. The minimum Gasteiger partial charge on any atom is -0.314 e. The summed E-state index contributed by atoms with van der Waals surface area (Å²) in [6.07, 6.45) is 0. The normalized spacial score (nSPS) is 11.6. The molecule has 100 valence electrons. The Kier molecular flexibility index (Phi) is 3.84. The molecule has 18 heavy (non-hydrogen) atoms. The smallest absolute Gasteiger partial charge is 0.232 e. The summed E-state index contributed by atoms with van der Waals surface area (Å²) in [5.74, 6) is -0.249. The molecule has 0 aliphatic carbocycles. The molecular weight excluding hydrogens is 229 g/mol. The van der Waals surface area contributed by atoms with E-state index < -0.39 is 5.41 Å². The van der Waals surface area contributed by atoms with E-state index in [0.29, 0.717) is 16.8 Å². The molecule has 0 atom stereocenters. The van der Waals surface area contributed by atoms with Crippen molar-refractivity contribution in [3.63, 3.8) is 0 Å². The first kappa shape index (κ1) is 14.7. The van der Waals surface area contributed by atoms with Crippen molar-refractivity contribution >= 4 is 11.6 Å². The zero-order valence-corrected chi connectivity index (χ0v) is 12.3. The summed E-state index contributed by atoms with van der Waals surface area (Å²) in [6, 6.07) is 1.78. The molecule has 1 aromatic rings. The third-order valence-corrected chi connectivity index (χ3v) is 3.12. The fourth-order valence-electron chi connectivity index (χ4n) is 2.27. The van der Waals surface area contributed by atoms with Gasteiger partial charge in [0.15, 0.2) is 0 Å². The Labute approximate surface area is 109 Å². The topological polar surface area (TPSA) is 20.3 Å². The fraction of sp³-hybridized carbons (Fsp3) is 0.533. The van der Waals surface area contributed by atoms with Crippen molar-refractivity contribution < 1.29 is 9.18 Å². The summed E-state index contributed by atoms with van der Waals surface area (Å²) in [7, 11) is 1.71. The van der Waals surface area contributed by atoms with E-state index in [2.05, 4.69) is 0 Å². The lowest BCUT2D eigenvalue weighted by molar-refractivity contribution is -0.125. The highest BCUT2D eigenvalue weighted by Crippen LogP contribution is 2.31. The van der Waals surface area contributed by atoms with Crippen LogP contribution >= 0.6 is 0 Å². The van der Waals surface area contributed by atoms with E-state index in [1.807, 2.05) is 27.7 Å². The minimum absolute atomic E-state index is 0.0167. The molecule has 0 saturated carbocycles. The predicted molar refractivity (Wildman–Crippen MR) is 73.5 cm³/mol. The van der Waals surface area contributed by atoms with E-state index in [0.717, 1.165) is 5.56 Å². The van der Waals surface area contributed by atoms with Crippen LogP contribution in [0.3, 0.4) is 0 Å². The first-order valence-corrected chi connectivity index (χ1v) is 6.11. The second-order valence-electron chi connectivity index (χ2n) is 5.91. The molecule has 0 heterocycles. The number of anilines is 1. The molecule has 0 radical (unpaired) electrons. The maximum Gasteiger partial charge on any atom is 0.232 e. The van der Waals surface area contributed by atoms with E-state index in [1.54, 1.807) is 31.9 Å². The van der Waals surface area contributed by atoms with Crippen LogP contribution in [0.5, 0.6) is 0 Å². The summed E-state index contributed by atoms with van der Waals surface area (Å²) in [4.78, 5) is 13.8. The maximum absolute atomic E-state index is 14.0. The van der Waals surface area contributed by atoms with Gasteiger partial charge in [0.2, 0.25) is 5.91 Å². The number of amides is 1. The lowest BCUT2D eigenvalue weighted by Gasteiger charge is -2.29. The molecule has 1 rings (SSSR count). The van der Waals surface area contributed by atoms with E-state index >= 15 is 0 Å². The Morgan fingerprint density at radius 1 is 1.17 bits per heavy atom. The molecule has 0 aliphatic heterocycles. The van der Waals surface area contributed by atoms with Crippen LogP contribution in [0.4, 0.5) is 10.1 Å². The number of rotatable bonds is 1. The number of benzene rings is 1. The monoisotopic (exact) mass is 251 g/mol. The van der Waals surface area contributed by atoms with Crippen LogP contribution in [0.15, 0.2) is 6.07 Å². The van der Waals surface area contributed by atoms with Crippen LogP contribution in [-0.2, 0) is 4.79 Å². The minimum atomic E-state index is -0.477. The summed E-state index contributed by atoms with van der Waals surface area (Å²) >= 11 is 0. The van der Waals surface area contributed by atoms with Gasteiger partial charge in [0, 0.05) is 18.0 Å².